The van der Waals surface area contributed by atoms with Crippen LogP contribution >= 0.6 is 0 Å². The predicted molar refractivity (Wildman–Crippen MR) is 402 cm³/mol. The van der Waals surface area contributed by atoms with Crippen molar-refractivity contribution in [2.75, 3.05) is 13.7 Å². The summed E-state index contributed by atoms with van der Waals surface area (Å²) in [4.78, 5) is 249. The molecule has 0 N–H and O–H groups in total. The number of methoxy groups -OCH3 is 1. The first-order chi connectivity index (χ1) is 58.5. The van der Waals surface area contributed by atoms with Crippen molar-refractivity contribution in [3.05, 3.63) is 0 Å². The highest BCUT2D eigenvalue weighted by Gasteiger charge is 2.61. The van der Waals surface area contributed by atoms with Gasteiger partial charge in [-0.25, -0.2) is 0 Å². The number of carbonyl (C=O) groups excluding carboxylic acids is 19. The molecule has 6 saturated heterocycles. The molecule has 6 rings (SSSR count). The van der Waals surface area contributed by atoms with E-state index in [1.54, 1.807) is 0 Å². The third-order valence-corrected chi connectivity index (χ3v) is 20.0. The molecule has 6 aliphatic rings. The molecule has 45 nitrogen and oxygen atoms in total. The van der Waals surface area contributed by atoms with Crippen LogP contribution in [0.3, 0.4) is 0 Å². The van der Waals surface area contributed by atoms with Crippen molar-refractivity contribution in [3.63, 3.8) is 0 Å². The summed E-state index contributed by atoms with van der Waals surface area (Å²) in [5, 5.41) is 0. The first-order valence-corrected chi connectivity index (χ1v) is 40.3. The van der Waals surface area contributed by atoms with E-state index >= 15 is 0 Å². The summed E-state index contributed by atoms with van der Waals surface area (Å²) in [6, 6.07) is 0. The van der Waals surface area contributed by atoms with Crippen molar-refractivity contribution in [2.24, 2.45) is 0 Å². The van der Waals surface area contributed by atoms with Gasteiger partial charge in [0.15, 0.2) is 116 Å². The van der Waals surface area contributed by atoms with Crippen molar-refractivity contribution < 1.29 is 214 Å². The van der Waals surface area contributed by atoms with Crippen LogP contribution in [0.25, 0.3) is 0 Å². The van der Waals surface area contributed by atoms with Crippen molar-refractivity contribution >= 4 is 113 Å². The molecule has 0 amide bonds. The minimum absolute atomic E-state index is 0.303. The third-order valence-electron chi connectivity index (χ3n) is 20.0. The van der Waals surface area contributed by atoms with Crippen LogP contribution in [-0.2, 0) is 214 Å². The lowest BCUT2D eigenvalue weighted by Gasteiger charge is -2.48. The maximum absolute atomic E-state index is 13.4. The Kier molecular flexibility index (Phi) is 39.6. The maximum atomic E-state index is 13.4. The second kappa shape index (κ2) is 47.8. The standard InChI is InChI=1S/C80H112O45/c1-32(81)101-31-61-72(112-43(12)92)77(117-48(17)97)70(110-41(10)90)59(124-61)28-27-57-68(108-39(8)88)75(115-46(15)95)66(106-37(6)86)55(122-57)24-23-53-64(104-35(4)84)73(113-44(13)93)62(102-33(2)82)51(120-53)21-22-52-63(103-34(3)83)74(114-45(14)94)65(105-36(5)85)54(121-52)25-26-56-67(107-38(7)87)76(116-47(16)96)69(109-40(9)89)58(123-56)29-30-60-71(111-42(11)91)78(118-49(18)98)79(119-50(19)99)80(100-20)125-60/h51-80H,21-31H2,1-20H3/t51-,52+,53+,54-,55-,56+,57+,58-,59-,60+,61+,62-,63-,64-,65-,66-,67-,68-,69-,70-,71-,72-,73?,74?,75?,76-,77+,78-,79+,80-/m0/s1. The highest BCUT2D eigenvalue weighted by atomic mass is 16.7. The molecule has 0 spiro atoms. The highest BCUT2D eigenvalue weighted by Crippen LogP contribution is 2.43. The van der Waals surface area contributed by atoms with Crippen molar-refractivity contribution in [3.8, 4) is 0 Å². The lowest BCUT2D eigenvalue weighted by atomic mass is 9.84. The Labute approximate surface area is 718 Å². The van der Waals surface area contributed by atoms with E-state index in [4.69, 9.17) is 123 Å². The molecule has 6 aliphatic heterocycles. The molecule has 0 saturated carbocycles. The minimum Gasteiger partial charge on any atom is -0.463 e. The maximum Gasteiger partial charge on any atom is 0.303 e. The van der Waals surface area contributed by atoms with E-state index in [1.165, 1.54) is 7.11 Å². The Bertz CT molecular complexity index is 3840. The quantitative estimate of drug-likeness (QED) is 0.0632. The molecule has 702 valence electrons. The van der Waals surface area contributed by atoms with Gasteiger partial charge in [0.2, 0.25) is 0 Å². The van der Waals surface area contributed by atoms with Gasteiger partial charge in [0.1, 0.15) is 18.8 Å². The van der Waals surface area contributed by atoms with Gasteiger partial charge >= 0.3 is 113 Å². The smallest absolute Gasteiger partial charge is 0.303 e. The van der Waals surface area contributed by atoms with Crippen LogP contribution in [0.5, 0.6) is 0 Å². The first kappa shape index (κ1) is 103. The Morgan fingerprint density at radius 2 is 0.280 bits per heavy atom. The zero-order valence-electron chi connectivity index (χ0n) is 73.0. The Hall–Kier alpha value is -10.3. The molecule has 30 atom stereocenters. The monoisotopic (exact) mass is 1790 g/mol. The van der Waals surface area contributed by atoms with Crippen LogP contribution in [0, 0.1) is 0 Å². The molecular weight excluding hydrogens is 1680 g/mol. The summed E-state index contributed by atoms with van der Waals surface area (Å²) in [5.74, 6) is -18.4. The lowest BCUT2D eigenvalue weighted by molar-refractivity contribution is -0.301. The predicted octanol–water partition coefficient (Wildman–Crippen LogP) is 1.43. The fourth-order valence-corrected chi connectivity index (χ4v) is 16.3. The summed E-state index contributed by atoms with van der Waals surface area (Å²) >= 11 is 0. The zero-order valence-corrected chi connectivity index (χ0v) is 73.0. The molecule has 125 heavy (non-hydrogen) atoms. The average molecular weight is 1790 g/mol. The third kappa shape index (κ3) is 31.0. The summed E-state index contributed by atoms with van der Waals surface area (Å²) < 4.78 is 155. The Morgan fingerprint density at radius 1 is 0.160 bits per heavy atom. The summed E-state index contributed by atoms with van der Waals surface area (Å²) in [6.45, 7) is 18.5. The summed E-state index contributed by atoms with van der Waals surface area (Å²) in [7, 11) is 1.18. The van der Waals surface area contributed by atoms with E-state index in [0.717, 1.165) is 132 Å². The fraction of sp³-hybridized carbons (Fsp3) is 0.762. The van der Waals surface area contributed by atoms with Crippen molar-refractivity contribution in [2.45, 2.75) is 379 Å². The van der Waals surface area contributed by atoms with Gasteiger partial charge in [-0.1, -0.05) is 0 Å². The summed E-state index contributed by atoms with van der Waals surface area (Å²) in [5.41, 5.74) is 0. The van der Waals surface area contributed by atoms with Gasteiger partial charge in [0, 0.05) is 139 Å². The second-order valence-electron chi connectivity index (χ2n) is 30.4. The van der Waals surface area contributed by atoms with E-state index in [0.29, 0.717) is 0 Å². The second-order valence-corrected chi connectivity index (χ2v) is 30.4. The SMILES string of the molecule is CO[C@H]1O[C@H](CC[C@@H]2O[C@H](CC[C@@H]3O[C@H](CC[C@@H]4O[C@H](CC[C@@H]5O[C@H](CC[C@@H]6O[C@H](COC(C)=O)[C@H](OC(C)=O)[C@H](OC(C)=O)[C@H]6OC(C)=O)[C@H](OC(C)=O)C(OC(C)=O)[C@H]5OC(C)=O)[C@H](OC(C)=O)C(OC(C)=O)[C@H]4OC(C)=O)[C@H](OC(C)=O)C(OC(C)=O)[C@H]3OC(C)=O)[C@H](OC(C)=O)[C@H](OC(C)=O)[C@H]2OC(C)=O)[C@H](OC(C)=O)[C@H](OC(C)=O)[C@H]1OC(C)=O. The molecule has 0 bridgehead atoms. The molecule has 0 radical (unpaired) electrons. The number of esters is 19. The molecule has 0 aromatic carbocycles. The fourth-order valence-electron chi connectivity index (χ4n) is 16.3. The molecule has 45 heteroatoms. The van der Waals surface area contributed by atoms with Crippen LogP contribution in [0.15, 0.2) is 0 Å². The molecule has 0 aliphatic carbocycles. The van der Waals surface area contributed by atoms with E-state index in [9.17, 15) is 91.1 Å². The number of carbonyl (C=O) groups is 19. The Balaban J connectivity index is 1.46. The van der Waals surface area contributed by atoms with Crippen LogP contribution in [0.4, 0.5) is 0 Å². The van der Waals surface area contributed by atoms with Crippen LogP contribution in [0.2, 0.25) is 0 Å². The number of hydrogen-bond acceptors (Lipinski definition) is 45. The molecule has 3 unspecified atom stereocenters. The lowest BCUT2D eigenvalue weighted by Crippen LogP contribution is -2.64. The van der Waals surface area contributed by atoms with Gasteiger partial charge in [0.05, 0.1) is 54.9 Å². The van der Waals surface area contributed by atoms with E-state index in [-0.39, 0.29) is 25.7 Å². The highest BCUT2D eigenvalue weighted by molar-refractivity contribution is 5.74. The van der Waals surface area contributed by atoms with Crippen LogP contribution in [-0.4, -0.2) is 310 Å². The van der Waals surface area contributed by atoms with Crippen molar-refractivity contribution in [1.82, 2.24) is 0 Å². The normalized spacial score (nSPS) is 33.0. The largest absolute Gasteiger partial charge is 0.463 e. The van der Waals surface area contributed by atoms with Gasteiger partial charge in [-0.15, -0.1) is 0 Å². The Morgan fingerprint density at radius 3 is 0.424 bits per heavy atom. The van der Waals surface area contributed by atoms with Crippen LogP contribution in [0.1, 0.15) is 196 Å². The van der Waals surface area contributed by atoms with Crippen LogP contribution < -0.4 is 0 Å². The first-order valence-electron chi connectivity index (χ1n) is 40.3. The molecule has 6 heterocycles. The van der Waals surface area contributed by atoms with Gasteiger partial charge in [-0.05, 0) is 64.2 Å². The number of rotatable bonds is 36. The van der Waals surface area contributed by atoms with E-state index < -0.39 is 342 Å². The zero-order chi connectivity index (χ0) is 93.5. The molecular formula is C80H112O45. The number of ether oxygens (including phenoxy) is 26. The molecule has 0 aromatic heterocycles. The minimum atomic E-state index is -1.81. The summed E-state index contributed by atoms with van der Waals surface area (Å²) in [6.07, 6.45) is -52.3. The van der Waals surface area contributed by atoms with Gasteiger partial charge in [0.25, 0.3) is 0 Å². The van der Waals surface area contributed by atoms with Gasteiger partial charge in [-0.2, -0.15) is 0 Å². The topological polar surface area (TPSA) is 564 Å². The number of hydrogen-bond donors (Lipinski definition) is 0. The van der Waals surface area contributed by atoms with Gasteiger partial charge in [-0.3, -0.25) is 91.1 Å². The van der Waals surface area contributed by atoms with E-state index in [2.05, 4.69) is 0 Å². The average Bonchev–Trinajstić information content (AvgIpc) is 0.784. The molecule has 0 aromatic rings. The van der Waals surface area contributed by atoms with Crippen molar-refractivity contribution in [1.29, 1.82) is 0 Å². The van der Waals surface area contributed by atoms with E-state index in [1.807, 2.05) is 0 Å². The van der Waals surface area contributed by atoms with Gasteiger partial charge < -0.3 is 123 Å². The molecule has 6 fully saturated rings.